The summed E-state index contributed by atoms with van der Waals surface area (Å²) in [6.07, 6.45) is 4.35. The number of hydrogen-bond acceptors (Lipinski definition) is 7. The summed E-state index contributed by atoms with van der Waals surface area (Å²) in [6, 6.07) is 4.94. The zero-order valence-electron chi connectivity index (χ0n) is 17.2. The molecule has 1 aromatic carbocycles. The fraction of sp³-hybridized carbons (Fsp3) is 0.409. The minimum Gasteiger partial charge on any atom is -0.460 e. The molecule has 32 heavy (non-hydrogen) atoms. The van der Waals surface area contributed by atoms with Crippen molar-refractivity contribution in [2.75, 3.05) is 18.4 Å². The molecular weight excluding hydrogens is 415 g/mol. The van der Waals surface area contributed by atoms with E-state index in [1.54, 1.807) is 19.1 Å². The Morgan fingerprint density at radius 1 is 1.28 bits per heavy atom. The predicted octanol–water partition coefficient (Wildman–Crippen LogP) is 2.71. The van der Waals surface area contributed by atoms with Crippen LogP contribution in [0, 0.1) is 11.2 Å². The highest BCUT2D eigenvalue weighted by Gasteiger charge is 2.21. The van der Waals surface area contributed by atoms with Gasteiger partial charge in [-0.1, -0.05) is 25.6 Å². The van der Waals surface area contributed by atoms with Gasteiger partial charge in [-0.3, -0.25) is 15.0 Å². The van der Waals surface area contributed by atoms with Crippen LogP contribution in [0.1, 0.15) is 39.2 Å². The number of nitrogens with two attached hydrogens (primary N) is 1. The van der Waals surface area contributed by atoms with Crippen LogP contribution in [0.5, 0.6) is 0 Å². The maximum Gasteiger partial charge on any atom is 0.313 e. The van der Waals surface area contributed by atoms with E-state index in [9.17, 15) is 14.0 Å². The van der Waals surface area contributed by atoms with Gasteiger partial charge in [-0.25, -0.2) is 14.4 Å². The van der Waals surface area contributed by atoms with Crippen molar-refractivity contribution >= 4 is 23.7 Å². The molecular formula is C22H29FN6O3. The lowest BCUT2D eigenvalue weighted by Crippen LogP contribution is -2.41. The van der Waals surface area contributed by atoms with Crippen molar-refractivity contribution in [3.8, 4) is 11.1 Å². The number of hydrogen-bond donors (Lipinski definition) is 3. The molecule has 4 N–H and O–H groups in total. The zero-order valence-corrected chi connectivity index (χ0v) is 17.2. The number of benzene rings is 1. The van der Waals surface area contributed by atoms with E-state index in [-0.39, 0.29) is 43.8 Å². The normalized spacial score (nSPS) is 13.8. The van der Waals surface area contributed by atoms with Gasteiger partial charge in [0, 0.05) is 55.1 Å². The molecule has 0 bridgehead atoms. The Bertz CT molecular complexity index is 959. The van der Waals surface area contributed by atoms with Crippen molar-refractivity contribution in [2.45, 2.75) is 46.3 Å². The Kier molecular flexibility index (Phi) is 8.62. The molecule has 0 aliphatic carbocycles. The van der Waals surface area contributed by atoms with Crippen molar-refractivity contribution in [1.82, 2.24) is 14.9 Å². The molecule has 2 aromatic rings. The standard InChI is InChI=1S/C21H25FN6O3.CH4/c1-13(29)28-7-5-16(6-8-28)27-21-25-10-15(11-26-21)17-4-2-3-14(20(17)22)12-31-19(30)9-18(23)24;/h2-4,10-11,16H,5-9,12H2,1H3,(H3,23,24)(H,25,26,27);1H4. The van der Waals surface area contributed by atoms with Crippen LogP contribution < -0.4 is 11.1 Å². The fourth-order valence-electron chi connectivity index (χ4n) is 3.34. The number of halogens is 1. The Morgan fingerprint density at radius 3 is 2.53 bits per heavy atom. The maximum atomic E-state index is 14.9. The lowest BCUT2D eigenvalue weighted by atomic mass is 10.0. The first-order chi connectivity index (χ1) is 14.8. The third-order valence-corrected chi connectivity index (χ3v) is 5.04. The highest BCUT2D eigenvalue weighted by Crippen LogP contribution is 2.25. The van der Waals surface area contributed by atoms with Crippen LogP contribution in [0.15, 0.2) is 30.6 Å². The van der Waals surface area contributed by atoms with Crippen molar-refractivity contribution < 1.29 is 18.7 Å². The van der Waals surface area contributed by atoms with E-state index in [0.29, 0.717) is 30.2 Å². The number of anilines is 1. The molecule has 0 spiro atoms. The molecule has 0 unspecified atom stereocenters. The first kappa shape index (κ1) is 24.7. The van der Waals surface area contributed by atoms with E-state index in [1.807, 2.05) is 4.90 Å². The average Bonchev–Trinajstić information content (AvgIpc) is 2.73. The Balaban J connectivity index is 0.00000363. The van der Waals surface area contributed by atoms with Gasteiger partial charge >= 0.3 is 5.97 Å². The largest absolute Gasteiger partial charge is 0.460 e. The van der Waals surface area contributed by atoms with E-state index in [2.05, 4.69) is 15.3 Å². The van der Waals surface area contributed by atoms with Gasteiger partial charge < -0.3 is 20.7 Å². The van der Waals surface area contributed by atoms with Crippen LogP contribution in [-0.4, -0.2) is 51.7 Å². The molecule has 0 atom stereocenters. The van der Waals surface area contributed by atoms with Crippen LogP contribution in [0.25, 0.3) is 11.1 Å². The van der Waals surface area contributed by atoms with Crippen molar-refractivity contribution in [1.29, 1.82) is 5.41 Å². The second-order valence-corrected chi connectivity index (χ2v) is 7.36. The number of rotatable bonds is 7. The van der Waals surface area contributed by atoms with Gasteiger partial charge in [-0.05, 0) is 12.8 Å². The van der Waals surface area contributed by atoms with Crippen LogP contribution in [-0.2, 0) is 20.9 Å². The van der Waals surface area contributed by atoms with E-state index in [4.69, 9.17) is 15.9 Å². The quantitative estimate of drug-likeness (QED) is 0.339. The van der Waals surface area contributed by atoms with Crippen LogP contribution in [0.3, 0.4) is 0 Å². The van der Waals surface area contributed by atoms with Crippen LogP contribution >= 0.6 is 0 Å². The molecule has 9 nitrogen and oxygen atoms in total. The topological polar surface area (TPSA) is 134 Å². The molecule has 1 aliphatic heterocycles. The van der Waals surface area contributed by atoms with Crippen molar-refractivity contribution in [3.05, 3.63) is 42.0 Å². The number of carbonyl (C=O) groups excluding carboxylic acids is 2. The number of esters is 1. The summed E-state index contributed by atoms with van der Waals surface area (Å²) >= 11 is 0. The zero-order chi connectivity index (χ0) is 22.4. The summed E-state index contributed by atoms with van der Waals surface area (Å²) in [7, 11) is 0. The molecule has 172 valence electrons. The lowest BCUT2D eigenvalue weighted by Gasteiger charge is -2.31. The van der Waals surface area contributed by atoms with Gasteiger partial charge in [0.05, 0.1) is 0 Å². The number of amides is 1. The average molecular weight is 445 g/mol. The number of likely N-dealkylation sites (tertiary alicyclic amines) is 1. The Hall–Kier alpha value is -3.56. The van der Waals surface area contributed by atoms with E-state index in [1.165, 1.54) is 18.5 Å². The molecule has 10 heteroatoms. The molecule has 0 radical (unpaired) electrons. The van der Waals surface area contributed by atoms with E-state index in [0.717, 1.165) is 12.8 Å². The Labute approximate surface area is 186 Å². The first-order valence-corrected chi connectivity index (χ1v) is 9.94. The number of nitrogens with zero attached hydrogens (tertiary/aromatic N) is 3. The van der Waals surface area contributed by atoms with Crippen LogP contribution in [0.4, 0.5) is 10.3 Å². The highest BCUT2D eigenvalue weighted by molar-refractivity contribution is 5.94. The van der Waals surface area contributed by atoms with Gasteiger partial charge in [-0.15, -0.1) is 0 Å². The smallest absolute Gasteiger partial charge is 0.313 e. The van der Waals surface area contributed by atoms with Crippen LogP contribution in [0.2, 0.25) is 0 Å². The summed E-state index contributed by atoms with van der Waals surface area (Å²) in [4.78, 5) is 33.3. The first-order valence-electron chi connectivity index (χ1n) is 9.94. The minimum atomic E-state index is -0.690. The monoisotopic (exact) mass is 444 g/mol. The summed E-state index contributed by atoms with van der Waals surface area (Å²) in [5.41, 5.74) is 6.14. The Morgan fingerprint density at radius 2 is 1.94 bits per heavy atom. The molecule has 1 aliphatic rings. The minimum absolute atomic E-state index is 0. The van der Waals surface area contributed by atoms with E-state index >= 15 is 0 Å². The van der Waals surface area contributed by atoms with Gasteiger partial charge in [0.1, 0.15) is 24.7 Å². The van der Waals surface area contributed by atoms with E-state index < -0.39 is 11.8 Å². The molecule has 3 rings (SSSR count). The van der Waals surface area contributed by atoms with Gasteiger partial charge in [-0.2, -0.15) is 0 Å². The fourth-order valence-corrected chi connectivity index (χ4v) is 3.34. The number of amidine groups is 1. The second kappa shape index (κ2) is 11.2. The number of carbonyl (C=O) groups is 2. The molecule has 1 fully saturated rings. The summed E-state index contributed by atoms with van der Waals surface area (Å²) < 4.78 is 19.9. The number of piperidine rings is 1. The number of aromatic nitrogens is 2. The van der Waals surface area contributed by atoms with Gasteiger partial charge in [0.2, 0.25) is 11.9 Å². The summed E-state index contributed by atoms with van der Waals surface area (Å²) in [5, 5.41) is 10.3. The lowest BCUT2D eigenvalue weighted by molar-refractivity contribution is -0.143. The van der Waals surface area contributed by atoms with Crippen molar-refractivity contribution in [2.24, 2.45) is 5.73 Å². The number of nitrogens with one attached hydrogen (secondary N) is 2. The summed E-state index contributed by atoms with van der Waals surface area (Å²) in [6.45, 7) is 2.70. The maximum absolute atomic E-state index is 14.9. The second-order valence-electron chi connectivity index (χ2n) is 7.36. The molecule has 2 heterocycles. The molecule has 1 aromatic heterocycles. The molecule has 0 saturated carbocycles. The van der Waals surface area contributed by atoms with Crippen molar-refractivity contribution in [3.63, 3.8) is 0 Å². The third-order valence-electron chi connectivity index (χ3n) is 5.04. The molecule has 1 amide bonds. The predicted molar refractivity (Wildman–Crippen MR) is 119 cm³/mol. The van der Waals surface area contributed by atoms with Gasteiger partial charge in [0.25, 0.3) is 0 Å². The third kappa shape index (κ3) is 6.47. The SMILES string of the molecule is C.CC(=O)N1CCC(Nc2ncc(-c3cccc(COC(=O)CC(=N)N)c3F)cn2)CC1. The van der Waals surface area contributed by atoms with Gasteiger partial charge in [0.15, 0.2) is 0 Å². The molecule has 1 saturated heterocycles. The summed E-state index contributed by atoms with van der Waals surface area (Å²) in [5.74, 6) is -1.00. The highest BCUT2D eigenvalue weighted by atomic mass is 19.1. The number of ether oxygens (including phenoxy) is 1.